The first-order chi connectivity index (χ1) is 6.22. The van der Waals surface area contributed by atoms with Crippen molar-refractivity contribution in [2.75, 3.05) is 0 Å². The van der Waals surface area contributed by atoms with E-state index in [-0.39, 0.29) is 0 Å². The van der Waals surface area contributed by atoms with Crippen molar-refractivity contribution >= 4 is 6.21 Å². The van der Waals surface area contributed by atoms with Crippen molar-refractivity contribution in [3.8, 4) is 0 Å². The molecule has 13 heavy (non-hydrogen) atoms. The molecule has 0 saturated heterocycles. The van der Waals surface area contributed by atoms with Gasteiger partial charge in [0.05, 0.1) is 5.70 Å². The molecular weight excluding hydrogens is 158 g/mol. The van der Waals surface area contributed by atoms with E-state index in [0.29, 0.717) is 0 Å². The molecule has 1 heteroatoms. The highest BCUT2D eigenvalue weighted by molar-refractivity contribution is 5.56. The summed E-state index contributed by atoms with van der Waals surface area (Å²) >= 11 is 0. The molecule has 0 aromatic heterocycles. The molecule has 0 radical (unpaired) electrons. The molecule has 0 spiro atoms. The fraction of sp³-hybridized carbons (Fsp3) is 0.583. The van der Waals surface area contributed by atoms with Crippen LogP contribution in [0.1, 0.15) is 48.5 Å². The van der Waals surface area contributed by atoms with E-state index in [2.05, 4.69) is 11.6 Å². The predicted octanol–water partition coefficient (Wildman–Crippen LogP) is 4.61. The monoisotopic (exact) mass is 183 g/mol. The zero-order chi connectivity index (χ0) is 11.3. The molecule has 0 aromatic carbocycles. The number of nitrogens with zero attached hydrogens (tertiary/aromatic N) is 1. The summed E-state index contributed by atoms with van der Waals surface area (Å²) in [7, 11) is 0. The molecule has 1 nitrogen and oxygen atoms in total. The molecule has 0 rings (SSSR count). The van der Waals surface area contributed by atoms with Gasteiger partial charge in [-0.2, -0.15) is 0 Å². The summed E-state index contributed by atoms with van der Waals surface area (Å²) < 4.78 is 0. The van der Waals surface area contributed by atoms with E-state index in [1.807, 2.05) is 54.5 Å². The molecule has 0 saturated carbocycles. The van der Waals surface area contributed by atoms with E-state index in [1.165, 1.54) is 0 Å². The molecule has 0 aliphatic heterocycles. The third kappa shape index (κ3) is 14.1. The lowest BCUT2D eigenvalue weighted by Crippen LogP contribution is -1.77. The molecule has 0 aliphatic rings. The SMILES string of the molecule is C=C(C)/C(=C/C)N=CC.CC.CC. The number of hydrogen-bond acceptors (Lipinski definition) is 1. The Bertz CT molecular complexity index is 153. The van der Waals surface area contributed by atoms with E-state index in [1.54, 1.807) is 6.21 Å². The van der Waals surface area contributed by atoms with Crippen molar-refractivity contribution in [2.24, 2.45) is 4.99 Å². The molecule has 0 N–H and O–H groups in total. The Balaban J connectivity index is -0.000000218. The smallest absolute Gasteiger partial charge is 0.0606 e. The highest BCUT2D eigenvalue weighted by Crippen LogP contribution is 2.05. The van der Waals surface area contributed by atoms with E-state index in [0.717, 1.165) is 11.3 Å². The van der Waals surface area contributed by atoms with Gasteiger partial charge in [0.1, 0.15) is 0 Å². The van der Waals surface area contributed by atoms with Crippen LogP contribution in [0.25, 0.3) is 0 Å². The summed E-state index contributed by atoms with van der Waals surface area (Å²) in [4.78, 5) is 4.08. The number of allylic oxidation sites excluding steroid dienone is 2. The minimum Gasteiger partial charge on any atom is -0.262 e. The molecule has 0 aliphatic carbocycles. The van der Waals surface area contributed by atoms with Crippen LogP contribution < -0.4 is 0 Å². The average molecular weight is 183 g/mol. The summed E-state index contributed by atoms with van der Waals surface area (Å²) in [5, 5.41) is 0. The van der Waals surface area contributed by atoms with Gasteiger partial charge in [0.2, 0.25) is 0 Å². The van der Waals surface area contributed by atoms with Crippen molar-refractivity contribution in [2.45, 2.75) is 48.5 Å². The molecule has 0 heterocycles. The Morgan fingerprint density at radius 2 is 1.46 bits per heavy atom. The number of hydrogen-bond donors (Lipinski definition) is 0. The van der Waals surface area contributed by atoms with Gasteiger partial charge in [0, 0.05) is 6.21 Å². The van der Waals surface area contributed by atoms with Crippen LogP contribution in [-0.2, 0) is 0 Å². The predicted molar refractivity (Wildman–Crippen MR) is 65.4 cm³/mol. The second-order valence-electron chi connectivity index (χ2n) is 1.84. The Morgan fingerprint density at radius 1 is 1.08 bits per heavy atom. The summed E-state index contributed by atoms with van der Waals surface area (Å²) in [5.74, 6) is 0. The van der Waals surface area contributed by atoms with Crippen molar-refractivity contribution in [1.82, 2.24) is 0 Å². The van der Waals surface area contributed by atoms with Gasteiger partial charge in [-0.1, -0.05) is 40.3 Å². The summed E-state index contributed by atoms with van der Waals surface area (Å²) in [5.41, 5.74) is 1.98. The van der Waals surface area contributed by atoms with E-state index >= 15 is 0 Å². The maximum absolute atomic E-state index is 4.08. The molecule has 0 unspecified atom stereocenters. The standard InChI is InChI=1S/C8H13N.2C2H6/c1-5-8(7(3)4)9-6-2;2*1-2/h5-6H,3H2,1-2,4H3;2*1-2H3/b8-5-,9-6?;;. The van der Waals surface area contributed by atoms with Gasteiger partial charge in [-0.05, 0) is 26.3 Å². The minimum atomic E-state index is 0.970. The lowest BCUT2D eigenvalue weighted by atomic mass is 10.2. The topological polar surface area (TPSA) is 12.4 Å². The molecule has 0 amide bonds. The first-order valence-electron chi connectivity index (χ1n) is 5.03. The Kier molecular flexibility index (Phi) is 24.0. The van der Waals surface area contributed by atoms with Crippen LogP contribution in [0.5, 0.6) is 0 Å². The lowest BCUT2D eigenvalue weighted by Gasteiger charge is -1.95. The normalized spacial score (nSPS) is 9.62. The molecule has 0 fully saturated rings. The van der Waals surface area contributed by atoms with Gasteiger partial charge in [-0.25, -0.2) is 0 Å². The van der Waals surface area contributed by atoms with Crippen LogP contribution in [0.15, 0.2) is 28.9 Å². The first kappa shape index (κ1) is 18.0. The van der Waals surface area contributed by atoms with E-state index in [9.17, 15) is 0 Å². The van der Waals surface area contributed by atoms with Crippen molar-refractivity contribution in [3.63, 3.8) is 0 Å². The highest BCUT2D eigenvalue weighted by Gasteiger charge is 1.88. The van der Waals surface area contributed by atoms with E-state index < -0.39 is 0 Å². The first-order valence-corrected chi connectivity index (χ1v) is 5.03. The van der Waals surface area contributed by atoms with Gasteiger partial charge >= 0.3 is 0 Å². The minimum absolute atomic E-state index is 0.970. The highest BCUT2D eigenvalue weighted by atomic mass is 14.7. The fourth-order valence-electron chi connectivity index (χ4n) is 0.570. The summed E-state index contributed by atoms with van der Waals surface area (Å²) in [6, 6.07) is 0. The number of aliphatic imine (C=N–C) groups is 1. The van der Waals surface area contributed by atoms with E-state index in [4.69, 9.17) is 0 Å². The van der Waals surface area contributed by atoms with Gasteiger partial charge in [-0.3, -0.25) is 4.99 Å². The Hall–Kier alpha value is -0.850. The van der Waals surface area contributed by atoms with Crippen molar-refractivity contribution < 1.29 is 0 Å². The van der Waals surface area contributed by atoms with Gasteiger partial charge in [-0.15, -0.1) is 0 Å². The summed E-state index contributed by atoms with van der Waals surface area (Å²) in [6.45, 7) is 17.6. The third-order valence-corrected chi connectivity index (χ3v) is 0.979. The van der Waals surface area contributed by atoms with Crippen LogP contribution in [0.3, 0.4) is 0 Å². The molecular formula is C12H25N. The molecule has 0 atom stereocenters. The van der Waals surface area contributed by atoms with Crippen LogP contribution in [-0.4, -0.2) is 6.21 Å². The second kappa shape index (κ2) is 17.3. The van der Waals surface area contributed by atoms with Gasteiger partial charge < -0.3 is 0 Å². The Labute approximate surface area is 84.3 Å². The fourth-order valence-corrected chi connectivity index (χ4v) is 0.570. The van der Waals surface area contributed by atoms with Crippen molar-refractivity contribution in [3.05, 3.63) is 23.9 Å². The zero-order valence-corrected chi connectivity index (χ0v) is 10.3. The number of rotatable bonds is 2. The van der Waals surface area contributed by atoms with Crippen LogP contribution >= 0.6 is 0 Å². The maximum atomic E-state index is 4.08. The summed E-state index contributed by atoms with van der Waals surface area (Å²) in [6.07, 6.45) is 3.71. The third-order valence-electron chi connectivity index (χ3n) is 0.979. The second-order valence-corrected chi connectivity index (χ2v) is 1.84. The largest absolute Gasteiger partial charge is 0.262 e. The van der Waals surface area contributed by atoms with Crippen molar-refractivity contribution in [1.29, 1.82) is 0 Å². The van der Waals surface area contributed by atoms with Crippen LogP contribution in [0.2, 0.25) is 0 Å². The van der Waals surface area contributed by atoms with Crippen LogP contribution in [0.4, 0.5) is 0 Å². The zero-order valence-electron chi connectivity index (χ0n) is 10.3. The van der Waals surface area contributed by atoms with Gasteiger partial charge in [0.15, 0.2) is 0 Å². The molecule has 0 aromatic rings. The lowest BCUT2D eigenvalue weighted by molar-refractivity contribution is 1.29. The molecule has 78 valence electrons. The Morgan fingerprint density at radius 3 is 1.54 bits per heavy atom. The average Bonchev–Trinajstić information content (AvgIpc) is 2.20. The quantitative estimate of drug-likeness (QED) is 0.438. The maximum Gasteiger partial charge on any atom is 0.0606 e. The van der Waals surface area contributed by atoms with Crippen LogP contribution in [0, 0.1) is 0 Å². The molecule has 0 bridgehead atoms. The van der Waals surface area contributed by atoms with Gasteiger partial charge in [0.25, 0.3) is 0 Å².